The second-order valence-corrected chi connectivity index (χ2v) is 6.80. The Morgan fingerprint density at radius 2 is 2.23 bits per heavy atom. The van der Waals surface area contributed by atoms with Crippen LogP contribution in [0.5, 0.6) is 0 Å². The van der Waals surface area contributed by atoms with Crippen LogP contribution in [-0.2, 0) is 6.54 Å². The van der Waals surface area contributed by atoms with Gasteiger partial charge in [0.15, 0.2) is 0 Å². The highest BCUT2D eigenvalue weighted by Gasteiger charge is 2.32. The summed E-state index contributed by atoms with van der Waals surface area (Å²) in [6, 6.07) is 9.88. The van der Waals surface area contributed by atoms with Gasteiger partial charge < -0.3 is 14.7 Å². The Morgan fingerprint density at radius 3 is 3.04 bits per heavy atom. The number of carbonyl (C=O) groups is 1. The zero-order valence-electron chi connectivity index (χ0n) is 15.0. The molecular weight excluding hydrogens is 328 g/mol. The molecule has 0 bridgehead atoms. The number of benzene rings is 1. The smallest absolute Gasteiger partial charge is 0.318 e. The average Bonchev–Trinajstić information content (AvgIpc) is 3.29. The van der Waals surface area contributed by atoms with Crippen LogP contribution in [0.25, 0.3) is 10.9 Å². The van der Waals surface area contributed by atoms with Crippen molar-refractivity contribution >= 4 is 16.9 Å². The summed E-state index contributed by atoms with van der Waals surface area (Å²) in [5, 5.41) is 8.26. The van der Waals surface area contributed by atoms with Gasteiger partial charge in [-0.15, -0.1) is 0 Å². The summed E-state index contributed by atoms with van der Waals surface area (Å²) in [4.78, 5) is 19.1. The van der Waals surface area contributed by atoms with E-state index in [1.165, 1.54) is 0 Å². The molecule has 1 atom stereocenters. The lowest BCUT2D eigenvalue weighted by molar-refractivity contribution is 0.190. The van der Waals surface area contributed by atoms with Crippen molar-refractivity contribution in [3.63, 3.8) is 0 Å². The van der Waals surface area contributed by atoms with E-state index in [1.807, 2.05) is 42.2 Å². The Balaban J connectivity index is 1.51. The van der Waals surface area contributed by atoms with E-state index in [-0.39, 0.29) is 12.1 Å². The molecule has 1 N–H and O–H groups in total. The van der Waals surface area contributed by atoms with Gasteiger partial charge in [0, 0.05) is 30.7 Å². The molecule has 6 heteroatoms. The van der Waals surface area contributed by atoms with Gasteiger partial charge in [-0.05, 0) is 49.9 Å². The van der Waals surface area contributed by atoms with Gasteiger partial charge in [0.1, 0.15) is 11.5 Å². The van der Waals surface area contributed by atoms with Crippen LogP contribution in [0.15, 0.2) is 41.1 Å². The standard InChI is InChI=1S/C20H22N4O2/c1-13-7-8-17-15(5-3-9-21-17)16(13)12-22-20(25)24-10-4-6-19(24)18-11-14(2)26-23-18/h3,5,7-9,11,19H,4,6,10,12H2,1-2H3,(H,22,25). The van der Waals surface area contributed by atoms with E-state index in [0.29, 0.717) is 6.54 Å². The topological polar surface area (TPSA) is 71.3 Å². The molecule has 1 aliphatic rings. The number of urea groups is 1. The van der Waals surface area contributed by atoms with Crippen molar-refractivity contribution in [2.24, 2.45) is 0 Å². The maximum Gasteiger partial charge on any atom is 0.318 e. The first-order chi connectivity index (χ1) is 12.6. The van der Waals surface area contributed by atoms with Gasteiger partial charge in [0.2, 0.25) is 0 Å². The van der Waals surface area contributed by atoms with Crippen molar-refractivity contribution in [2.45, 2.75) is 39.3 Å². The van der Waals surface area contributed by atoms with Gasteiger partial charge >= 0.3 is 6.03 Å². The average molecular weight is 350 g/mol. The predicted molar refractivity (Wildman–Crippen MR) is 98.6 cm³/mol. The van der Waals surface area contributed by atoms with E-state index < -0.39 is 0 Å². The SMILES string of the molecule is Cc1cc(C2CCCN2C(=O)NCc2c(C)ccc3ncccc23)no1. The summed E-state index contributed by atoms with van der Waals surface area (Å²) < 4.78 is 5.18. The lowest BCUT2D eigenvalue weighted by Gasteiger charge is -2.23. The number of aromatic nitrogens is 2. The molecule has 1 unspecified atom stereocenters. The molecule has 1 fully saturated rings. The summed E-state index contributed by atoms with van der Waals surface area (Å²) in [6.07, 6.45) is 3.67. The third-order valence-corrected chi connectivity index (χ3v) is 5.05. The quantitative estimate of drug-likeness (QED) is 0.778. The van der Waals surface area contributed by atoms with Gasteiger partial charge in [0.25, 0.3) is 0 Å². The van der Waals surface area contributed by atoms with Crippen LogP contribution in [0, 0.1) is 13.8 Å². The molecule has 1 aliphatic heterocycles. The number of aryl methyl sites for hydroxylation is 2. The molecule has 0 spiro atoms. The maximum atomic E-state index is 12.8. The number of rotatable bonds is 3. The molecule has 3 heterocycles. The normalized spacial score (nSPS) is 17.0. The minimum absolute atomic E-state index is 0.0114. The number of likely N-dealkylation sites (tertiary alicyclic amines) is 1. The molecule has 4 rings (SSSR count). The third kappa shape index (κ3) is 3.03. The minimum atomic E-state index is -0.0616. The second-order valence-electron chi connectivity index (χ2n) is 6.80. The molecule has 0 saturated carbocycles. The van der Waals surface area contributed by atoms with Crippen LogP contribution < -0.4 is 5.32 Å². The highest BCUT2D eigenvalue weighted by Crippen LogP contribution is 2.31. The predicted octanol–water partition coefficient (Wildman–Crippen LogP) is 3.89. The summed E-state index contributed by atoms with van der Waals surface area (Å²) in [6.45, 7) is 5.14. The summed E-state index contributed by atoms with van der Waals surface area (Å²) in [5.74, 6) is 0.770. The van der Waals surface area contributed by atoms with E-state index in [0.717, 1.165) is 52.9 Å². The molecule has 2 aromatic heterocycles. The largest absolute Gasteiger partial charge is 0.361 e. The van der Waals surface area contributed by atoms with Crippen molar-refractivity contribution in [1.29, 1.82) is 0 Å². The number of amides is 2. The fourth-order valence-corrected chi connectivity index (χ4v) is 3.68. The minimum Gasteiger partial charge on any atom is -0.361 e. The number of nitrogens with zero attached hydrogens (tertiary/aromatic N) is 3. The van der Waals surface area contributed by atoms with Gasteiger partial charge in [-0.25, -0.2) is 4.79 Å². The number of pyridine rings is 1. The summed E-state index contributed by atoms with van der Waals surface area (Å²) in [5.41, 5.74) is 4.04. The second kappa shape index (κ2) is 6.78. The third-order valence-electron chi connectivity index (χ3n) is 5.05. The number of hydrogen-bond acceptors (Lipinski definition) is 4. The van der Waals surface area contributed by atoms with E-state index in [4.69, 9.17) is 4.52 Å². The molecule has 6 nitrogen and oxygen atoms in total. The highest BCUT2D eigenvalue weighted by molar-refractivity contribution is 5.84. The van der Waals surface area contributed by atoms with Gasteiger partial charge in [-0.3, -0.25) is 4.98 Å². The summed E-state index contributed by atoms with van der Waals surface area (Å²) >= 11 is 0. The van der Waals surface area contributed by atoms with Crippen LogP contribution in [-0.4, -0.2) is 27.6 Å². The number of carbonyl (C=O) groups excluding carboxylic acids is 1. The molecule has 2 amide bonds. The molecule has 3 aromatic rings. The molecule has 1 saturated heterocycles. The van der Waals surface area contributed by atoms with E-state index in [2.05, 4.69) is 22.4 Å². The molecule has 26 heavy (non-hydrogen) atoms. The van der Waals surface area contributed by atoms with Crippen molar-refractivity contribution in [2.75, 3.05) is 6.54 Å². The van der Waals surface area contributed by atoms with Gasteiger partial charge in [-0.2, -0.15) is 0 Å². The monoisotopic (exact) mass is 350 g/mol. The number of hydrogen-bond donors (Lipinski definition) is 1. The fraction of sp³-hybridized carbons (Fsp3) is 0.350. The van der Waals surface area contributed by atoms with Gasteiger partial charge in [0.05, 0.1) is 11.6 Å². The van der Waals surface area contributed by atoms with Gasteiger partial charge in [-0.1, -0.05) is 17.3 Å². The van der Waals surface area contributed by atoms with Crippen LogP contribution in [0.3, 0.4) is 0 Å². The Labute approximate surface area is 152 Å². The summed E-state index contributed by atoms with van der Waals surface area (Å²) in [7, 11) is 0. The van der Waals surface area contributed by atoms with Crippen LogP contribution >= 0.6 is 0 Å². The highest BCUT2D eigenvalue weighted by atomic mass is 16.5. The van der Waals surface area contributed by atoms with Crippen molar-refractivity contribution in [1.82, 2.24) is 20.4 Å². The number of fused-ring (bicyclic) bond motifs is 1. The number of nitrogens with one attached hydrogen (secondary N) is 1. The zero-order valence-corrected chi connectivity index (χ0v) is 15.0. The molecule has 0 aliphatic carbocycles. The van der Waals surface area contributed by atoms with Crippen molar-refractivity contribution in [3.8, 4) is 0 Å². The van der Waals surface area contributed by atoms with Crippen molar-refractivity contribution in [3.05, 3.63) is 59.1 Å². The van der Waals surface area contributed by atoms with E-state index >= 15 is 0 Å². The first-order valence-corrected chi connectivity index (χ1v) is 8.94. The molecule has 0 radical (unpaired) electrons. The van der Waals surface area contributed by atoms with Crippen LogP contribution in [0.2, 0.25) is 0 Å². The lowest BCUT2D eigenvalue weighted by Crippen LogP contribution is -2.39. The molecule has 1 aromatic carbocycles. The van der Waals surface area contributed by atoms with E-state index in [1.54, 1.807) is 6.20 Å². The van der Waals surface area contributed by atoms with E-state index in [9.17, 15) is 4.79 Å². The first kappa shape index (κ1) is 16.6. The van der Waals surface area contributed by atoms with Crippen LogP contribution in [0.4, 0.5) is 4.79 Å². The fourth-order valence-electron chi connectivity index (χ4n) is 3.68. The first-order valence-electron chi connectivity index (χ1n) is 8.94. The Hall–Kier alpha value is -2.89. The van der Waals surface area contributed by atoms with Crippen molar-refractivity contribution < 1.29 is 9.32 Å². The maximum absolute atomic E-state index is 12.8. The Morgan fingerprint density at radius 1 is 1.35 bits per heavy atom. The Bertz CT molecular complexity index is 950. The Kier molecular flexibility index (Phi) is 4.32. The molecular formula is C20H22N4O2. The zero-order chi connectivity index (χ0) is 18.1. The molecule has 134 valence electrons. The lowest BCUT2D eigenvalue weighted by atomic mass is 10.0. The van der Waals surface area contributed by atoms with Crippen LogP contribution in [0.1, 0.15) is 41.5 Å².